The molecule has 11 heavy (non-hydrogen) atoms. The monoisotopic (exact) mass is 170 g/mol. The van der Waals surface area contributed by atoms with Crippen molar-refractivity contribution in [2.45, 2.75) is 13.3 Å². The number of aliphatic imine (C=N–C) groups is 1. The third kappa shape index (κ3) is 3.73. The van der Waals surface area contributed by atoms with Gasteiger partial charge >= 0.3 is 0 Å². The fourth-order valence-corrected chi connectivity index (χ4v) is 0.853. The summed E-state index contributed by atoms with van der Waals surface area (Å²) in [5.74, 6) is 0. The summed E-state index contributed by atoms with van der Waals surface area (Å²) >= 11 is 5.51. The molecular formula is C8H11ClN2. The van der Waals surface area contributed by atoms with E-state index >= 15 is 0 Å². The van der Waals surface area contributed by atoms with Gasteiger partial charge in [-0.15, -0.1) is 6.58 Å². The lowest BCUT2D eigenvalue weighted by Crippen LogP contribution is -1.95. The molecule has 0 rings (SSSR count). The third-order valence-corrected chi connectivity index (χ3v) is 1.48. The summed E-state index contributed by atoms with van der Waals surface area (Å²) < 4.78 is 0. The second-order valence-corrected chi connectivity index (χ2v) is 2.19. The molecule has 0 aromatic carbocycles. The van der Waals surface area contributed by atoms with Crippen LogP contribution in [0.1, 0.15) is 13.3 Å². The normalized spacial score (nSPS) is 12.9. The van der Waals surface area contributed by atoms with Gasteiger partial charge in [0.15, 0.2) is 0 Å². The van der Waals surface area contributed by atoms with Gasteiger partial charge in [0.05, 0.1) is 0 Å². The summed E-state index contributed by atoms with van der Waals surface area (Å²) in [6, 6.07) is 0. The Morgan fingerprint density at radius 3 is 2.73 bits per heavy atom. The van der Waals surface area contributed by atoms with Gasteiger partial charge in [0.2, 0.25) is 0 Å². The molecule has 0 aliphatic heterocycles. The van der Waals surface area contributed by atoms with Gasteiger partial charge < -0.3 is 0 Å². The molecular weight excluding hydrogens is 160 g/mol. The number of nitrogens with one attached hydrogen (secondary N) is 1. The number of halogens is 1. The second-order valence-electron chi connectivity index (χ2n) is 1.97. The van der Waals surface area contributed by atoms with Crippen molar-refractivity contribution in [1.29, 1.82) is 5.41 Å². The molecule has 0 saturated carbocycles. The molecule has 2 nitrogen and oxygen atoms in total. The second kappa shape index (κ2) is 5.86. The van der Waals surface area contributed by atoms with Gasteiger partial charge in [-0.1, -0.05) is 17.7 Å². The first-order valence-electron chi connectivity index (χ1n) is 3.20. The fraction of sp³-hybridized carbons (Fsp3) is 0.250. The van der Waals surface area contributed by atoms with Crippen LogP contribution in [0.5, 0.6) is 0 Å². The number of rotatable bonds is 4. The molecule has 0 radical (unpaired) electrons. The molecule has 0 amide bonds. The summed E-state index contributed by atoms with van der Waals surface area (Å²) in [4.78, 5) is 3.77. The SMILES string of the molecule is C=CC/C(=C\Cl)C(C)=NC=N. The molecule has 0 saturated heterocycles. The van der Waals surface area contributed by atoms with Crippen LogP contribution in [0.15, 0.2) is 28.8 Å². The van der Waals surface area contributed by atoms with Gasteiger partial charge in [0.25, 0.3) is 0 Å². The summed E-state index contributed by atoms with van der Waals surface area (Å²) in [6.45, 7) is 5.39. The number of hydrogen-bond donors (Lipinski definition) is 1. The first-order valence-corrected chi connectivity index (χ1v) is 3.63. The van der Waals surface area contributed by atoms with E-state index in [2.05, 4.69) is 11.6 Å². The zero-order valence-electron chi connectivity index (χ0n) is 6.47. The lowest BCUT2D eigenvalue weighted by molar-refractivity contribution is 1.32. The van der Waals surface area contributed by atoms with E-state index in [0.29, 0.717) is 6.42 Å². The fourth-order valence-electron chi connectivity index (χ4n) is 0.606. The van der Waals surface area contributed by atoms with Crippen molar-refractivity contribution in [1.82, 2.24) is 0 Å². The molecule has 0 fully saturated rings. The predicted molar refractivity (Wildman–Crippen MR) is 50.6 cm³/mol. The van der Waals surface area contributed by atoms with E-state index in [1.165, 1.54) is 5.54 Å². The number of allylic oxidation sites excluding steroid dienone is 2. The van der Waals surface area contributed by atoms with E-state index in [9.17, 15) is 0 Å². The van der Waals surface area contributed by atoms with Crippen molar-refractivity contribution in [3.05, 3.63) is 23.8 Å². The Bertz CT molecular complexity index is 204. The van der Waals surface area contributed by atoms with Crippen molar-refractivity contribution in [2.24, 2.45) is 4.99 Å². The van der Waals surface area contributed by atoms with E-state index in [0.717, 1.165) is 17.6 Å². The standard InChI is InChI=1S/C8H11ClN2/c1-3-4-8(5-9)7(2)11-6-10/h3,5-6,10H,1,4H2,2H3/b8-5+,10-6?,11-7?. The maximum Gasteiger partial charge on any atom is 0.107 e. The van der Waals surface area contributed by atoms with Crippen LogP contribution >= 0.6 is 11.6 Å². The van der Waals surface area contributed by atoms with Gasteiger partial charge in [-0.05, 0) is 18.9 Å². The molecule has 0 aromatic heterocycles. The van der Waals surface area contributed by atoms with E-state index in [4.69, 9.17) is 17.0 Å². The Hall–Kier alpha value is -0.890. The van der Waals surface area contributed by atoms with Crippen molar-refractivity contribution < 1.29 is 0 Å². The topological polar surface area (TPSA) is 36.2 Å². The highest BCUT2D eigenvalue weighted by molar-refractivity contribution is 6.28. The minimum Gasteiger partial charge on any atom is -0.290 e. The van der Waals surface area contributed by atoms with Crippen LogP contribution in [0.25, 0.3) is 0 Å². The highest BCUT2D eigenvalue weighted by Crippen LogP contribution is 2.06. The van der Waals surface area contributed by atoms with Crippen LogP contribution in [0.3, 0.4) is 0 Å². The summed E-state index contributed by atoms with van der Waals surface area (Å²) in [5, 5.41) is 6.73. The van der Waals surface area contributed by atoms with E-state index < -0.39 is 0 Å². The number of hydrogen-bond acceptors (Lipinski definition) is 1. The highest BCUT2D eigenvalue weighted by atomic mass is 35.5. The molecule has 0 heterocycles. The predicted octanol–water partition coefficient (Wildman–Crippen LogP) is 2.75. The first kappa shape index (κ1) is 10.1. The van der Waals surface area contributed by atoms with Crippen LogP contribution in [-0.2, 0) is 0 Å². The molecule has 0 aliphatic carbocycles. The van der Waals surface area contributed by atoms with Gasteiger partial charge in [0.1, 0.15) is 6.34 Å². The lowest BCUT2D eigenvalue weighted by Gasteiger charge is -1.99. The van der Waals surface area contributed by atoms with Crippen molar-refractivity contribution in [2.75, 3.05) is 0 Å². The van der Waals surface area contributed by atoms with Crippen LogP contribution < -0.4 is 0 Å². The largest absolute Gasteiger partial charge is 0.290 e. The molecule has 0 aliphatic rings. The Morgan fingerprint density at radius 1 is 1.73 bits per heavy atom. The minimum atomic E-state index is 0.687. The van der Waals surface area contributed by atoms with Crippen LogP contribution in [0, 0.1) is 5.41 Å². The maximum absolute atomic E-state index is 6.73. The Morgan fingerprint density at radius 2 is 2.36 bits per heavy atom. The van der Waals surface area contributed by atoms with Gasteiger partial charge in [-0.25, -0.2) is 4.99 Å². The van der Waals surface area contributed by atoms with Crippen molar-refractivity contribution >= 4 is 23.7 Å². The molecule has 0 atom stereocenters. The lowest BCUT2D eigenvalue weighted by atomic mass is 10.1. The summed E-state index contributed by atoms with van der Waals surface area (Å²) in [5.41, 5.74) is 3.12. The minimum absolute atomic E-state index is 0.687. The van der Waals surface area contributed by atoms with Gasteiger partial charge in [-0.3, -0.25) is 5.41 Å². The molecule has 60 valence electrons. The van der Waals surface area contributed by atoms with Crippen LogP contribution in [0.2, 0.25) is 0 Å². The van der Waals surface area contributed by atoms with E-state index in [-0.39, 0.29) is 0 Å². The number of nitrogens with zero attached hydrogens (tertiary/aromatic N) is 1. The maximum atomic E-state index is 6.73. The molecule has 0 bridgehead atoms. The van der Waals surface area contributed by atoms with Gasteiger partial charge in [-0.2, -0.15) is 0 Å². The zero-order valence-corrected chi connectivity index (χ0v) is 7.23. The van der Waals surface area contributed by atoms with E-state index in [1.807, 2.05) is 6.92 Å². The van der Waals surface area contributed by atoms with Crippen molar-refractivity contribution in [3.63, 3.8) is 0 Å². The van der Waals surface area contributed by atoms with Crippen LogP contribution in [-0.4, -0.2) is 12.1 Å². The molecule has 0 spiro atoms. The Balaban J connectivity index is 4.38. The molecule has 0 aromatic rings. The third-order valence-electron chi connectivity index (χ3n) is 1.22. The molecule has 0 unspecified atom stereocenters. The first-order chi connectivity index (χ1) is 5.26. The summed E-state index contributed by atoms with van der Waals surface area (Å²) in [7, 11) is 0. The van der Waals surface area contributed by atoms with E-state index in [1.54, 1.807) is 6.08 Å². The molecule has 3 heteroatoms. The highest BCUT2D eigenvalue weighted by Gasteiger charge is 1.96. The zero-order chi connectivity index (χ0) is 8.69. The van der Waals surface area contributed by atoms with Crippen LogP contribution in [0.4, 0.5) is 0 Å². The average molecular weight is 171 g/mol. The molecule has 1 N–H and O–H groups in total. The Kier molecular flexibility index (Phi) is 5.39. The van der Waals surface area contributed by atoms with Gasteiger partial charge in [0, 0.05) is 11.2 Å². The quantitative estimate of drug-likeness (QED) is 0.383. The Labute approximate surface area is 71.8 Å². The summed E-state index contributed by atoms with van der Waals surface area (Å²) in [6.07, 6.45) is 3.43. The smallest absolute Gasteiger partial charge is 0.107 e. The van der Waals surface area contributed by atoms with Crippen molar-refractivity contribution in [3.8, 4) is 0 Å². The average Bonchev–Trinajstić information content (AvgIpc) is 2.00.